The maximum Gasteiger partial charge on any atom is 0.330 e. The van der Waals surface area contributed by atoms with Gasteiger partial charge >= 0.3 is 12.0 Å². The summed E-state index contributed by atoms with van der Waals surface area (Å²) in [7, 11) is 0. The summed E-state index contributed by atoms with van der Waals surface area (Å²) in [4.78, 5) is 41.5. The number of hydrogen-bond acceptors (Lipinski definition) is 4. The second kappa shape index (κ2) is 13.0. The highest BCUT2D eigenvalue weighted by atomic mass is 16.5. The summed E-state index contributed by atoms with van der Waals surface area (Å²) in [5.74, 6) is -1.34. The van der Waals surface area contributed by atoms with E-state index >= 15 is 0 Å². The molecule has 0 spiro atoms. The molecule has 196 valence electrons. The second-order valence-corrected chi connectivity index (χ2v) is 8.71. The third-order valence-corrected chi connectivity index (χ3v) is 6.27. The van der Waals surface area contributed by atoms with Gasteiger partial charge in [-0.05, 0) is 29.2 Å². The van der Waals surface area contributed by atoms with Crippen molar-refractivity contribution in [1.82, 2.24) is 10.2 Å². The molecule has 0 saturated carbocycles. The lowest BCUT2D eigenvalue weighted by Gasteiger charge is -2.43. The minimum Gasteiger partial charge on any atom is -0.463 e. The third kappa shape index (κ3) is 6.13. The van der Waals surface area contributed by atoms with Crippen molar-refractivity contribution >= 4 is 17.9 Å². The first-order valence-corrected chi connectivity index (χ1v) is 12.7. The van der Waals surface area contributed by atoms with Crippen LogP contribution in [0.15, 0.2) is 133 Å². The van der Waals surface area contributed by atoms with Gasteiger partial charge in [-0.3, -0.25) is 4.79 Å². The topological polar surface area (TPSA) is 75.7 Å². The molecule has 0 atom stereocenters. The number of urea groups is 1. The molecule has 6 heteroatoms. The van der Waals surface area contributed by atoms with Gasteiger partial charge in [0, 0.05) is 18.7 Å². The number of ether oxygens (including phenoxy) is 1. The summed E-state index contributed by atoms with van der Waals surface area (Å²) >= 11 is 0. The third-order valence-electron chi connectivity index (χ3n) is 6.27. The van der Waals surface area contributed by atoms with E-state index in [-0.39, 0.29) is 13.2 Å². The van der Waals surface area contributed by atoms with Crippen molar-refractivity contribution in [1.29, 1.82) is 0 Å². The molecule has 0 unspecified atom stereocenters. The Balaban J connectivity index is 1.94. The predicted molar refractivity (Wildman–Crippen MR) is 151 cm³/mol. The summed E-state index contributed by atoms with van der Waals surface area (Å²) in [5.41, 5.74) is 1.63. The minimum atomic E-state index is -1.36. The normalized spacial score (nSPS) is 11.1. The Bertz CT molecular complexity index is 1310. The van der Waals surface area contributed by atoms with Gasteiger partial charge in [0.1, 0.15) is 5.54 Å². The van der Waals surface area contributed by atoms with E-state index in [1.165, 1.54) is 4.90 Å². The zero-order valence-electron chi connectivity index (χ0n) is 21.7. The molecular formula is C33H30N2O4. The van der Waals surface area contributed by atoms with E-state index in [0.717, 1.165) is 17.7 Å². The van der Waals surface area contributed by atoms with Gasteiger partial charge in [-0.1, -0.05) is 121 Å². The average Bonchev–Trinajstić information content (AvgIpc) is 2.99. The number of hydrogen-bond donors (Lipinski definition) is 1. The number of nitrogens with zero attached hydrogens (tertiary/aromatic N) is 1. The molecule has 0 aliphatic carbocycles. The van der Waals surface area contributed by atoms with Gasteiger partial charge in [-0.25, -0.2) is 14.5 Å². The number of benzene rings is 4. The van der Waals surface area contributed by atoms with E-state index in [1.54, 1.807) is 6.92 Å². The van der Waals surface area contributed by atoms with Crippen molar-refractivity contribution in [2.75, 3.05) is 6.61 Å². The summed E-state index contributed by atoms with van der Waals surface area (Å²) in [6.45, 7) is 2.06. The van der Waals surface area contributed by atoms with Gasteiger partial charge in [0.15, 0.2) is 0 Å². The molecule has 4 aromatic carbocycles. The standard InChI is InChI=1S/C33H30N2O4/c1-2-39-31(37)24-23-30(36)35(32(38)34-25-26-15-7-3-8-16-26)33(27-17-9-4-10-18-27,28-19-11-5-12-20-28)29-21-13-6-14-22-29/h3-24H,2,25H2,1H3,(H,34,38)/b24-23+. The molecule has 0 aliphatic rings. The smallest absolute Gasteiger partial charge is 0.330 e. The molecule has 0 aromatic heterocycles. The first kappa shape index (κ1) is 27.1. The fourth-order valence-corrected chi connectivity index (χ4v) is 4.60. The number of carbonyl (C=O) groups excluding carboxylic acids is 3. The Morgan fingerprint density at radius 2 is 1.13 bits per heavy atom. The van der Waals surface area contributed by atoms with Crippen molar-refractivity contribution in [2.45, 2.75) is 19.0 Å². The highest BCUT2D eigenvalue weighted by Gasteiger charge is 2.47. The second-order valence-electron chi connectivity index (χ2n) is 8.71. The fourth-order valence-electron chi connectivity index (χ4n) is 4.60. The van der Waals surface area contributed by atoms with Crippen LogP contribution in [0, 0.1) is 0 Å². The number of esters is 1. The average molecular weight is 519 g/mol. The van der Waals surface area contributed by atoms with Crippen LogP contribution in [-0.2, 0) is 26.4 Å². The monoisotopic (exact) mass is 518 g/mol. The molecule has 3 amide bonds. The molecule has 1 N–H and O–H groups in total. The number of carbonyl (C=O) groups is 3. The van der Waals surface area contributed by atoms with Crippen LogP contribution in [0.4, 0.5) is 4.79 Å². The lowest BCUT2D eigenvalue weighted by atomic mass is 9.75. The van der Waals surface area contributed by atoms with Crippen LogP contribution in [0.3, 0.4) is 0 Å². The van der Waals surface area contributed by atoms with Gasteiger partial charge in [0.05, 0.1) is 6.61 Å². The van der Waals surface area contributed by atoms with Gasteiger partial charge in [0.25, 0.3) is 5.91 Å². The zero-order valence-corrected chi connectivity index (χ0v) is 21.7. The van der Waals surface area contributed by atoms with Crippen LogP contribution < -0.4 is 5.32 Å². The summed E-state index contributed by atoms with van der Waals surface area (Å²) in [5, 5.41) is 2.92. The first-order chi connectivity index (χ1) is 19.1. The van der Waals surface area contributed by atoms with Crippen LogP contribution in [-0.4, -0.2) is 29.4 Å². The quantitative estimate of drug-likeness (QED) is 0.172. The lowest BCUT2D eigenvalue weighted by molar-refractivity contribution is -0.137. The summed E-state index contributed by atoms with van der Waals surface area (Å²) < 4.78 is 4.98. The van der Waals surface area contributed by atoms with Crippen LogP contribution in [0.25, 0.3) is 0 Å². The Morgan fingerprint density at radius 1 is 0.692 bits per heavy atom. The maximum absolute atomic E-state index is 14.1. The zero-order chi connectivity index (χ0) is 27.5. The molecule has 0 fully saturated rings. The molecule has 0 radical (unpaired) electrons. The molecule has 6 nitrogen and oxygen atoms in total. The van der Waals surface area contributed by atoms with Crippen LogP contribution in [0.5, 0.6) is 0 Å². The maximum atomic E-state index is 14.1. The van der Waals surface area contributed by atoms with Gasteiger partial charge in [0.2, 0.25) is 0 Å². The number of rotatable bonds is 9. The van der Waals surface area contributed by atoms with Gasteiger partial charge < -0.3 is 10.1 Å². The summed E-state index contributed by atoms with van der Waals surface area (Å²) in [6.07, 6.45) is 2.14. The van der Waals surface area contributed by atoms with Gasteiger partial charge in [-0.15, -0.1) is 0 Å². The largest absolute Gasteiger partial charge is 0.463 e. The highest BCUT2D eigenvalue weighted by molar-refractivity contribution is 6.04. The molecular weight excluding hydrogens is 488 g/mol. The van der Waals surface area contributed by atoms with Crippen molar-refractivity contribution < 1.29 is 19.1 Å². The number of amides is 3. The molecule has 0 bridgehead atoms. The van der Waals surface area contributed by atoms with Crippen LogP contribution >= 0.6 is 0 Å². The van der Waals surface area contributed by atoms with Gasteiger partial charge in [-0.2, -0.15) is 0 Å². The number of nitrogens with one attached hydrogen (secondary N) is 1. The lowest BCUT2D eigenvalue weighted by Crippen LogP contribution is -2.56. The van der Waals surface area contributed by atoms with Crippen molar-refractivity contribution in [2.24, 2.45) is 0 Å². The Kier molecular flexibility index (Phi) is 9.03. The molecule has 0 saturated heterocycles. The SMILES string of the molecule is CCOC(=O)/C=C/C(=O)N(C(=O)NCc1ccccc1)C(c1ccccc1)(c1ccccc1)c1ccccc1. The Morgan fingerprint density at radius 3 is 1.56 bits per heavy atom. The van der Waals surface area contributed by atoms with E-state index in [2.05, 4.69) is 5.32 Å². The van der Waals surface area contributed by atoms with Crippen molar-refractivity contribution in [3.8, 4) is 0 Å². The molecule has 0 aliphatic heterocycles. The van der Waals surface area contributed by atoms with Crippen molar-refractivity contribution in [3.05, 3.63) is 156 Å². The highest BCUT2D eigenvalue weighted by Crippen LogP contribution is 2.42. The van der Waals surface area contributed by atoms with Crippen molar-refractivity contribution in [3.63, 3.8) is 0 Å². The molecule has 4 aromatic rings. The van der Waals surface area contributed by atoms with E-state index in [0.29, 0.717) is 16.7 Å². The molecule has 0 heterocycles. The summed E-state index contributed by atoms with van der Waals surface area (Å²) in [6, 6.07) is 37.0. The Labute approximate surface area is 228 Å². The first-order valence-electron chi connectivity index (χ1n) is 12.7. The van der Waals surface area contributed by atoms with E-state index in [4.69, 9.17) is 4.74 Å². The van der Waals surface area contributed by atoms with Crippen LogP contribution in [0.1, 0.15) is 29.2 Å². The fraction of sp³-hybridized carbons (Fsp3) is 0.121. The van der Waals surface area contributed by atoms with E-state index in [1.807, 2.05) is 121 Å². The van der Waals surface area contributed by atoms with Crippen LogP contribution in [0.2, 0.25) is 0 Å². The molecule has 39 heavy (non-hydrogen) atoms. The molecule has 4 rings (SSSR count). The number of imide groups is 1. The van der Waals surface area contributed by atoms with E-state index < -0.39 is 23.4 Å². The van der Waals surface area contributed by atoms with E-state index in [9.17, 15) is 14.4 Å². The Hall–Kier alpha value is -4.97. The minimum absolute atomic E-state index is 0.167. The predicted octanol–water partition coefficient (Wildman–Crippen LogP) is 5.84.